The van der Waals surface area contributed by atoms with Gasteiger partial charge >= 0.3 is 0 Å². The molecule has 0 bridgehead atoms. The van der Waals surface area contributed by atoms with E-state index in [2.05, 4.69) is 19.2 Å². The lowest BCUT2D eigenvalue weighted by Crippen LogP contribution is -2.49. The second-order valence-corrected chi connectivity index (χ2v) is 11.9. The second-order valence-electron chi connectivity index (χ2n) is 9.53. The number of sulfonamides is 1. The molecule has 1 heterocycles. The molecule has 0 radical (unpaired) electrons. The Hall–Kier alpha value is -3.07. The number of hydrogen-bond acceptors (Lipinski definition) is 5. The minimum Gasteiger partial charge on any atom is -0.493 e. The Bertz CT molecular complexity index is 1350. The van der Waals surface area contributed by atoms with Gasteiger partial charge in [-0.25, -0.2) is 8.42 Å². The van der Waals surface area contributed by atoms with Crippen molar-refractivity contribution in [2.24, 2.45) is 5.92 Å². The zero-order valence-corrected chi connectivity index (χ0v) is 22.8. The molecule has 37 heavy (non-hydrogen) atoms. The molecule has 0 atom stereocenters. The van der Waals surface area contributed by atoms with Crippen molar-refractivity contribution >= 4 is 38.9 Å². The number of aryl methyl sites for hydroxylation is 1. The molecular weight excluding hydrogens is 510 g/mol. The summed E-state index contributed by atoms with van der Waals surface area (Å²) in [5.41, 5.74) is 2.73. The van der Waals surface area contributed by atoms with Gasteiger partial charge < -0.3 is 15.0 Å². The number of piperazine rings is 1. The lowest BCUT2D eigenvalue weighted by molar-refractivity contribution is 0.102. The molecule has 196 valence electrons. The van der Waals surface area contributed by atoms with Crippen LogP contribution in [-0.2, 0) is 10.0 Å². The van der Waals surface area contributed by atoms with Gasteiger partial charge in [0.1, 0.15) is 5.75 Å². The fourth-order valence-electron chi connectivity index (χ4n) is 4.13. The predicted octanol–water partition coefficient (Wildman–Crippen LogP) is 5.45. The van der Waals surface area contributed by atoms with Crippen LogP contribution in [0.25, 0.3) is 0 Å². The van der Waals surface area contributed by atoms with Crippen LogP contribution in [0.2, 0.25) is 5.02 Å². The van der Waals surface area contributed by atoms with Crippen molar-refractivity contribution in [2.45, 2.75) is 25.7 Å². The molecule has 4 rings (SSSR count). The van der Waals surface area contributed by atoms with Gasteiger partial charge in [-0.3, -0.25) is 4.79 Å². The predicted molar refractivity (Wildman–Crippen MR) is 148 cm³/mol. The van der Waals surface area contributed by atoms with Gasteiger partial charge in [0, 0.05) is 31.7 Å². The van der Waals surface area contributed by atoms with Crippen molar-refractivity contribution in [1.29, 1.82) is 0 Å². The second kappa shape index (κ2) is 11.5. The molecule has 1 N–H and O–H groups in total. The van der Waals surface area contributed by atoms with Gasteiger partial charge in [-0.15, -0.1) is 0 Å². The number of nitrogens with zero attached hydrogens (tertiary/aromatic N) is 2. The maximum Gasteiger partial charge on any atom is 0.255 e. The van der Waals surface area contributed by atoms with Crippen molar-refractivity contribution in [1.82, 2.24) is 4.31 Å². The van der Waals surface area contributed by atoms with Crippen LogP contribution in [0.5, 0.6) is 5.75 Å². The number of para-hydroxylation sites is 1. The van der Waals surface area contributed by atoms with E-state index >= 15 is 0 Å². The minimum absolute atomic E-state index is 0.279. The SMILES string of the molecule is Cc1ccc(S(=O)(=O)N2CCN(c3c(Cl)cccc3NC(=O)c3cccc(OCC(C)C)c3)CC2)cc1. The molecule has 0 aromatic heterocycles. The third-order valence-electron chi connectivity index (χ3n) is 6.13. The summed E-state index contributed by atoms with van der Waals surface area (Å²) in [6, 6.07) is 19.3. The first-order valence-electron chi connectivity index (χ1n) is 12.3. The van der Waals surface area contributed by atoms with E-state index in [1.165, 1.54) is 4.31 Å². The third kappa shape index (κ3) is 6.44. The molecular formula is C28H32ClN3O4S. The van der Waals surface area contributed by atoms with E-state index in [1.807, 2.05) is 17.9 Å². The molecule has 1 saturated heterocycles. The Morgan fingerprint density at radius 3 is 2.35 bits per heavy atom. The van der Waals surface area contributed by atoms with Crippen LogP contribution in [0.3, 0.4) is 0 Å². The number of amides is 1. The van der Waals surface area contributed by atoms with Gasteiger partial charge in [0.05, 0.1) is 27.9 Å². The Balaban J connectivity index is 1.48. The van der Waals surface area contributed by atoms with Gasteiger partial charge in [0.25, 0.3) is 5.91 Å². The summed E-state index contributed by atoms with van der Waals surface area (Å²) in [7, 11) is -3.58. The molecule has 0 unspecified atom stereocenters. The van der Waals surface area contributed by atoms with Crippen LogP contribution in [0, 0.1) is 12.8 Å². The standard InChI is InChI=1S/C28H32ClN3O4S/c1-20(2)19-36-23-7-4-6-22(18-23)28(33)30-26-9-5-8-25(29)27(26)31-14-16-32(17-15-31)37(34,35)24-12-10-21(3)11-13-24/h4-13,18,20H,14-17,19H2,1-3H3,(H,30,33). The number of ether oxygens (including phenoxy) is 1. The molecule has 1 aliphatic heterocycles. The molecule has 3 aromatic carbocycles. The van der Waals surface area contributed by atoms with E-state index in [9.17, 15) is 13.2 Å². The maximum absolute atomic E-state index is 13.1. The lowest BCUT2D eigenvalue weighted by Gasteiger charge is -2.36. The van der Waals surface area contributed by atoms with Crippen LogP contribution in [0.1, 0.15) is 29.8 Å². The smallest absolute Gasteiger partial charge is 0.255 e. The first-order chi connectivity index (χ1) is 17.6. The summed E-state index contributed by atoms with van der Waals surface area (Å²) in [5, 5.41) is 3.46. The molecule has 0 spiro atoms. The van der Waals surface area contributed by atoms with Crippen LogP contribution in [0.4, 0.5) is 11.4 Å². The van der Waals surface area contributed by atoms with E-state index in [1.54, 1.807) is 60.7 Å². The summed E-state index contributed by atoms with van der Waals surface area (Å²) in [4.78, 5) is 15.4. The summed E-state index contributed by atoms with van der Waals surface area (Å²) in [6.45, 7) is 8.12. The number of halogens is 1. The van der Waals surface area contributed by atoms with Crippen molar-refractivity contribution in [3.8, 4) is 5.75 Å². The summed E-state index contributed by atoms with van der Waals surface area (Å²) >= 11 is 6.58. The number of hydrogen-bond donors (Lipinski definition) is 1. The fraction of sp³-hybridized carbons (Fsp3) is 0.321. The van der Waals surface area contributed by atoms with Gasteiger partial charge in [0.15, 0.2) is 0 Å². The monoisotopic (exact) mass is 541 g/mol. The van der Waals surface area contributed by atoms with E-state index < -0.39 is 10.0 Å². The zero-order valence-electron chi connectivity index (χ0n) is 21.3. The molecule has 3 aromatic rings. The summed E-state index contributed by atoms with van der Waals surface area (Å²) in [6.07, 6.45) is 0. The number of carbonyl (C=O) groups is 1. The molecule has 1 fully saturated rings. The van der Waals surface area contributed by atoms with E-state index in [0.717, 1.165) is 5.56 Å². The van der Waals surface area contributed by atoms with E-state index in [-0.39, 0.29) is 10.8 Å². The van der Waals surface area contributed by atoms with Gasteiger partial charge in [0.2, 0.25) is 10.0 Å². The maximum atomic E-state index is 13.1. The molecule has 9 heteroatoms. The van der Waals surface area contributed by atoms with Gasteiger partial charge in [-0.2, -0.15) is 4.31 Å². The number of rotatable bonds is 8. The number of benzene rings is 3. The number of nitrogens with one attached hydrogen (secondary N) is 1. The van der Waals surface area contributed by atoms with E-state index in [0.29, 0.717) is 66.4 Å². The van der Waals surface area contributed by atoms with Crippen molar-refractivity contribution in [3.05, 3.63) is 82.9 Å². The van der Waals surface area contributed by atoms with Crippen LogP contribution in [0.15, 0.2) is 71.6 Å². The van der Waals surface area contributed by atoms with Crippen molar-refractivity contribution in [3.63, 3.8) is 0 Å². The molecule has 0 aliphatic carbocycles. The zero-order chi connectivity index (χ0) is 26.6. The lowest BCUT2D eigenvalue weighted by atomic mass is 10.1. The Morgan fingerprint density at radius 1 is 1.00 bits per heavy atom. The average molecular weight is 542 g/mol. The van der Waals surface area contributed by atoms with Crippen LogP contribution < -0.4 is 15.0 Å². The molecule has 1 amide bonds. The summed E-state index contributed by atoms with van der Waals surface area (Å²) in [5.74, 6) is 0.733. The van der Waals surface area contributed by atoms with Crippen molar-refractivity contribution in [2.75, 3.05) is 43.0 Å². The highest BCUT2D eigenvalue weighted by atomic mass is 35.5. The molecule has 7 nitrogen and oxygen atoms in total. The highest BCUT2D eigenvalue weighted by Gasteiger charge is 2.30. The normalized spacial score (nSPS) is 14.6. The Labute approximate surface area is 224 Å². The van der Waals surface area contributed by atoms with Crippen molar-refractivity contribution < 1.29 is 17.9 Å². The Morgan fingerprint density at radius 2 is 1.68 bits per heavy atom. The Kier molecular flexibility index (Phi) is 8.42. The van der Waals surface area contributed by atoms with Crippen LogP contribution in [-0.4, -0.2) is 51.4 Å². The average Bonchev–Trinajstić information content (AvgIpc) is 2.88. The first kappa shape index (κ1) is 27.0. The first-order valence-corrected chi connectivity index (χ1v) is 14.1. The highest BCUT2D eigenvalue weighted by molar-refractivity contribution is 7.89. The molecule has 0 saturated carbocycles. The highest BCUT2D eigenvalue weighted by Crippen LogP contribution is 2.35. The topological polar surface area (TPSA) is 79.0 Å². The van der Waals surface area contributed by atoms with Gasteiger partial charge in [-0.1, -0.05) is 55.3 Å². The number of carbonyl (C=O) groups excluding carboxylic acids is 1. The van der Waals surface area contributed by atoms with Gasteiger partial charge in [-0.05, 0) is 55.3 Å². The van der Waals surface area contributed by atoms with E-state index in [4.69, 9.17) is 16.3 Å². The largest absolute Gasteiger partial charge is 0.493 e. The fourth-order valence-corrected chi connectivity index (χ4v) is 5.85. The number of anilines is 2. The molecule has 1 aliphatic rings. The third-order valence-corrected chi connectivity index (χ3v) is 8.35. The quantitative estimate of drug-likeness (QED) is 0.410. The summed E-state index contributed by atoms with van der Waals surface area (Å²) < 4.78 is 33.5. The minimum atomic E-state index is -3.58. The van der Waals surface area contributed by atoms with Crippen LogP contribution >= 0.6 is 11.6 Å².